The van der Waals surface area contributed by atoms with E-state index in [9.17, 15) is 14.3 Å². The van der Waals surface area contributed by atoms with Gasteiger partial charge in [-0.05, 0) is 31.0 Å². The molecule has 2 atom stereocenters. The van der Waals surface area contributed by atoms with Crippen LogP contribution in [-0.4, -0.2) is 23.8 Å². The van der Waals surface area contributed by atoms with E-state index in [1.54, 1.807) is 0 Å². The first-order chi connectivity index (χ1) is 9.44. The SMILES string of the molecule is CC1(CO)CCCC1NC(=O)Nc1cc(Cl)ccc1F. The average Bonchev–Trinajstić information content (AvgIpc) is 2.76. The molecule has 3 N–H and O–H groups in total. The fourth-order valence-corrected chi connectivity index (χ4v) is 2.75. The maximum Gasteiger partial charge on any atom is 0.319 e. The Bertz CT molecular complexity index is 512. The number of hydrogen-bond acceptors (Lipinski definition) is 2. The summed E-state index contributed by atoms with van der Waals surface area (Å²) in [4.78, 5) is 11.9. The number of hydrogen-bond donors (Lipinski definition) is 3. The molecule has 2 rings (SSSR count). The van der Waals surface area contributed by atoms with E-state index < -0.39 is 11.8 Å². The number of aliphatic hydroxyl groups excluding tert-OH is 1. The lowest BCUT2D eigenvalue weighted by Gasteiger charge is -2.30. The smallest absolute Gasteiger partial charge is 0.319 e. The minimum atomic E-state index is -0.541. The van der Waals surface area contributed by atoms with Crippen molar-refractivity contribution in [2.45, 2.75) is 32.2 Å². The quantitative estimate of drug-likeness (QED) is 0.803. The molecule has 0 heterocycles. The van der Waals surface area contributed by atoms with Gasteiger partial charge in [-0.15, -0.1) is 0 Å². The third kappa shape index (κ3) is 3.22. The zero-order valence-corrected chi connectivity index (χ0v) is 12.0. The molecule has 0 bridgehead atoms. The van der Waals surface area contributed by atoms with Gasteiger partial charge in [-0.25, -0.2) is 9.18 Å². The zero-order chi connectivity index (χ0) is 14.8. The lowest BCUT2D eigenvalue weighted by molar-refractivity contribution is 0.122. The first-order valence-corrected chi connectivity index (χ1v) is 6.96. The standard InChI is InChI=1S/C14H18ClFN2O2/c1-14(8-19)6-2-3-12(14)18-13(20)17-11-7-9(15)4-5-10(11)16/h4-5,7,12,19H,2-3,6,8H2,1H3,(H2,17,18,20). The van der Waals surface area contributed by atoms with Crippen molar-refractivity contribution in [3.63, 3.8) is 0 Å². The molecule has 1 aromatic carbocycles. The van der Waals surface area contributed by atoms with E-state index in [1.165, 1.54) is 18.2 Å². The van der Waals surface area contributed by atoms with Crippen LogP contribution in [0.25, 0.3) is 0 Å². The molecule has 1 fully saturated rings. The summed E-state index contributed by atoms with van der Waals surface area (Å²) in [5.74, 6) is -0.541. The van der Waals surface area contributed by atoms with Crippen molar-refractivity contribution in [2.24, 2.45) is 5.41 Å². The van der Waals surface area contributed by atoms with Crippen LogP contribution in [0.15, 0.2) is 18.2 Å². The number of aliphatic hydroxyl groups is 1. The van der Waals surface area contributed by atoms with Gasteiger partial charge in [0.1, 0.15) is 5.82 Å². The summed E-state index contributed by atoms with van der Waals surface area (Å²) in [5, 5.41) is 15.0. The molecule has 2 amide bonds. The van der Waals surface area contributed by atoms with E-state index in [-0.39, 0.29) is 23.8 Å². The molecule has 110 valence electrons. The maximum absolute atomic E-state index is 13.5. The van der Waals surface area contributed by atoms with Crippen molar-refractivity contribution in [3.05, 3.63) is 29.0 Å². The van der Waals surface area contributed by atoms with Crippen molar-refractivity contribution < 1.29 is 14.3 Å². The third-order valence-electron chi connectivity index (χ3n) is 3.93. The second kappa shape index (κ2) is 5.97. The molecule has 20 heavy (non-hydrogen) atoms. The van der Waals surface area contributed by atoms with E-state index in [1.807, 2.05) is 6.92 Å². The van der Waals surface area contributed by atoms with Crippen LogP contribution in [0.5, 0.6) is 0 Å². The molecule has 0 radical (unpaired) electrons. The Morgan fingerprint density at radius 3 is 3.05 bits per heavy atom. The monoisotopic (exact) mass is 300 g/mol. The van der Waals surface area contributed by atoms with Crippen LogP contribution in [0.3, 0.4) is 0 Å². The summed E-state index contributed by atoms with van der Waals surface area (Å²) in [6.07, 6.45) is 2.62. The molecule has 1 aromatic rings. The predicted molar refractivity (Wildman–Crippen MR) is 76.4 cm³/mol. The normalized spacial score (nSPS) is 25.5. The van der Waals surface area contributed by atoms with E-state index >= 15 is 0 Å². The molecule has 6 heteroatoms. The van der Waals surface area contributed by atoms with Gasteiger partial charge in [0.05, 0.1) is 12.3 Å². The summed E-state index contributed by atoms with van der Waals surface area (Å²) in [6, 6.07) is 3.37. The summed E-state index contributed by atoms with van der Waals surface area (Å²) in [7, 11) is 0. The van der Waals surface area contributed by atoms with Crippen LogP contribution < -0.4 is 10.6 Å². The third-order valence-corrected chi connectivity index (χ3v) is 4.16. The summed E-state index contributed by atoms with van der Waals surface area (Å²) in [6.45, 7) is 1.95. The van der Waals surface area contributed by atoms with Gasteiger partial charge in [0, 0.05) is 16.5 Å². The van der Waals surface area contributed by atoms with Crippen LogP contribution in [0, 0.1) is 11.2 Å². The van der Waals surface area contributed by atoms with E-state index in [2.05, 4.69) is 10.6 Å². The Kier molecular flexibility index (Phi) is 4.50. The van der Waals surface area contributed by atoms with Gasteiger partial charge in [0.25, 0.3) is 0 Å². The summed E-state index contributed by atoms with van der Waals surface area (Å²) < 4.78 is 13.5. The number of rotatable bonds is 3. The van der Waals surface area contributed by atoms with Crippen molar-refractivity contribution in [3.8, 4) is 0 Å². The fourth-order valence-electron chi connectivity index (χ4n) is 2.58. The molecular weight excluding hydrogens is 283 g/mol. The Morgan fingerprint density at radius 2 is 2.35 bits per heavy atom. The van der Waals surface area contributed by atoms with E-state index in [4.69, 9.17) is 11.6 Å². The molecule has 0 saturated heterocycles. The molecular formula is C14H18ClFN2O2. The number of carbonyl (C=O) groups excluding carboxylic acids is 1. The fraction of sp³-hybridized carbons (Fsp3) is 0.500. The predicted octanol–water partition coefficient (Wildman–Crippen LogP) is 3.15. The Labute approximate surface area is 122 Å². The molecule has 0 aromatic heterocycles. The van der Waals surface area contributed by atoms with Gasteiger partial charge < -0.3 is 15.7 Å². The van der Waals surface area contributed by atoms with Crippen molar-refractivity contribution in [2.75, 3.05) is 11.9 Å². The second-order valence-corrected chi connectivity index (χ2v) is 5.92. The molecule has 0 aliphatic heterocycles. The molecule has 1 saturated carbocycles. The highest BCUT2D eigenvalue weighted by molar-refractivity contribution is 6.30. The number of amides is 2. The van der Waals surface area contributed by atoms with Crippen molar-refractivity contribution in [1.82, 2.24) is 5.32 Å². The van der Waals surface area contributed by atoms with Crippen LogP contribution in [0.1, 0.15) is 26.2 Å². The zero-order valence-electron chi connectivity index (χ0n) is 11.2. The maximum atomic E-state index is 13.5. The highest BCUT2D eigenvalue weighted by Crippen LogP contribution is 2.37. The summed E-state index contributed by atoms with van der Waals surface area (Å²) >= 11 is 5.77. The lowest BCUT2D eigenvalue weighted by atomic mass is 9.86. The van der Waals surface area contributed by atoms with Gasteiger partial charge in [-0.1, -0.05) is 24.9 Å². The average molecular weight is 301 g/mol. The number of halogens is 2. The summed E-state index contributed by atoms with van der Waals surface area (Å²) in [5.41, 5.74) is -0.275. The molecule has 0 spiro atoms. The van der Waals surface area contributed by atoms with Gasteiger partial charge in [-0.2, -0.15) is 0 Å². The van der Waals surface area contributed by atoms with Crippen LogP contribution in [0.2, 0.25) is 5.02 Å². The van der Waals surface area contributed by atoms with Gasteiger partial charge in [-0.3, -0.25) is 0 Å². The topological polar surface area (TPSA) is 61.4 Å². The molecule has 4 nitrogen and oxygen atoms in total. The Hall–Kier alpha value is -1.33. The first kappa shape index (κ1) is 15.1. The van der Waals surface area contributed by atoms with E-state index in [0.717, 1.165) is 19.3 Å². The Morgan fingerprint density at radius 1 is 1.60 bits per heavy atom. The molecule has 1 aliphatic rings. The molecule has 1 aliphatic carbocycles. The van der Waals surface area contributed by atoms with Crippen molar-refractivity contribution in [1.29, 1.82) is 0 Å². The first-order valence-electron chi connectivity index (χ1n) is 6.58. The number of anilines is 1. The highest BCUT2D eigenvalue weighted by atomic mass is 35.5. The van der Waals surface area contributed by atoms with Gasteiger partial charge in [0.15, 0.2) is 0 Å². The van der Waals surface area contributed by atoms with Crippen LogP contribution >= 0.6 is 11.6 Å². The largest absolute Gasteiger partial charge is 0.396 e. The van der Waals surface area contributed by atoms with Crippen LogP contribution in [-0.2, 0) is 0 Å². The number of nitrogens with one attached hydrogen (secondary N) is 2. The van der Waals surface area contributed by atoms with Gasteiger partial charge >= 0.3 is 6.03 Å². The lowest BCUT2D eigenvalue weighted by Crippen LogP contribution is -2.46. The van der Waals surface area contributed by atoms with Crippen molar-refractivity contribution >= 4 is 23.3 Å². The number of carbonyl (C=O) groups is 1. The highest BCUT2D eigenvalue weighted by Gasteiger charge is 2.39. The van der Waals surface area contributed by atoms with E-state index in [0.29, 0.717) is 5.02 Å². The number of urea groups is 1. The number of benzene rings is 1. The Balaban J connectivity index is 2.01. The minimum Gasteiger partial charge on any atom is -0.396 e. The van der Waals surface area contributed by atoms with Gasteiger partial charge in [0.2, 0.25) is 0 Å². The second-order valence-electron chi connectivity index (χ2n) is 5.48. The molecule has 2 unspecified atom stereocenters. The minimum absolute atomic E-state index is 0.0173. The van der Waals surface area contributed by atoms with Crippen LogP contribution in [0.4, 0.5) is 14.9 Å².